The Balaban J connectivity index is 2.11. The Kier molecular flexibility index (Phi) is 5.69. The number of hydrogen-bond donors (Lipinski definition) is 1. The van der Waals surface area contributed by atoms with Gasteiger partial charge in [-0.2, -0.15) is 0 Å². The standard InChI is InChI=1S/C17H23N3O/c1-4-8-18-14(3)15-7-6-13(2)11-16(15)21-12-17-19-9-5-10-20-17/h5-7,9-11,14,18H,4,8,12H2,1-3H3. The van der Waals surface area contributed by atoms with Crippen LogP contribution < -0.4 is 10.1 Å². The fraction of sp³-hybridized carbons (Fsp3) is 0.412. The molecule has 0 saturated heterocycles. The largest absolute Gasteiger partial charge is 0.485 e. The van der Waals surface area contributed by atoms with Crippen LogP contribution in [0.25, 0.3) is 0 Å². The van der Waals surface area contributed by atoms with Gasteiger partial charge in [-0.25, -0.2) is 9.97 Å². The Bertz CT molecular complexity index is 557. The molecule has 0 aliphatic heterocycles. The van der Waals surface area contributed by atoms with E-state index in [0.717, 1.165) is 18.7 Å². The summed E-state index contributed by atoms with van der Waals surface area (Å²) in [5.41, 5.74) is 2.36. The predicted molar refractivity (Wildman–Crippen MR) is 84.3 cm³/mol. The predicted octanol–water partition coefficient (Wildman–Crippen LogP) is 3.42. The van der Waals surface area contributed by atoms with E-state index in [1.807, 2.05) is 0 Å². The van der Waals surface area contributed by atoms with Gasteiger partial charge >= 0.3 is 0 Å². The van der Waals surface area contributed by atoms with Crippen LogP contribution in [0.5, 0.6) is 5.75 Å². The first kappa shape index (κ1) is 15.4. The quantitative estimate of drug-likeness (QED) is 0.846. The maximum atomic E-state index is 5.94. The Hall–Kier alpha value is -1.94. The summed E-state index contributed by atoms with van der Waals surface area (Å²) in [7, 11) is 0. The molecule has 4 heteroatoms. The summed E-state index contributed by atoms with van der Waals surface area (Å²) in [6.07, 6.45) is 4.58. The minimum Gasteiger partial charge on any atom is -0.485 e. The van der Waals surface area contributed by atoms with E-state index in [1.165, 1.54) is 11.1 Å². The van der Waals surface area contributed by atoms with Crippen molar-refractivity contribution in [2.45, 2.75) is 39.8 Å². The third-order valence-corrected chi connectivity index (χ3v) is 3.31. The van der Waals surface area contributed by atoms with E-state index < -0.39 is 0 Å². The lowest BCUT2D eigenvalue weighted by molar-refractivity contribution is 0.289. The van der Waals surface area contributed by atoms with Gasteiger partial charge in [-0.3, -0.25) is 0 Å². The molecule has 0 spiro atoms. The van der Waals surface area contributed by atoms with Crippen molar-refractivity contribution >= 4 is 0 Å². The molecule has 2 aromatic rings. The maximum absolute atomic E-state index is 5.94. The number of aryl methyl sites for hydroxylation is 1. The van der Waals surface area contributed by atoms with Crippen molar-refractivity contribution in [3.05, 3.63) is 53.6 Å². The van der Waals surface area contributed by atoms with Crippen LogP contribution in [-0.2, 0) is 6.61 Å². The molecule has 1 atom stereocenters. The second-order valence-corrected chi connectivity index (χ2v) is 5.17. The number of hydrogen-bond acceptors (Lipinski definition) is 4. The van der Waals surface area contributed by atoms with Gasteiger partial charge in [-0.05, 0) is 44.5 Å². The van der Waals surface area contributed by atoms with Gasteiger partial charge in [0.25, 0.3) is 0 Å². The summed E-state index contributed by atoms with van der Waals surface area (Å²) >= 11 is 0. The monoisotopic (exact) mass is 285 g/mol. The van der Waals surface area contributed by atoms with E-state index in [2.05, 4.69) is 54.3 Å². The molecular weight excluding hydrogens is 262 g/mol. The van der Waals surface area contributed by atoms with Crippen molar-refractivity contribution in [2.75, 3.05) is 6.54 Å². The van der Waals surface area contributed by atoms with E-state index in [1.54, 1.807) is 18.5 Å². The van der Waals surface area contributed by atoms with Crippen molar-refractivity contribution in [1.29, 1.82) is 0 Å². The first-order valence-corrected chi connectivity index (χ1v) is 7.43. The van der Waals surface area contributed by atoms with Crippen molar-refractivity contribution in [2.24, 2.45) is 0 Å². The minimum atomic E-state index is 0.261. The molecule has 1 heterocycles. The number of ether oxygens (including phenoxy) is 1. The fourth-order valence-corrected chi connectivity index (χ4v) is 2.14. The average molecular weight is 285 g/mol. The van der Waals surface area contributed by atoms with Crippen LogP contribution in [0.1, 0.15) is 43.3 Å². The minimum absolute atomic E-state index is 0.261. The van der Waals surface area contributed by atoms with Crippen LogP contribution in [0.3, 0.4) is 0 Å². The summed E-state index contributed by atoms with van der Waals surface area (Å²) in [5, 5.41) is 3.50. The zero-order valence-corrected chi connectivity index (χ0v) is 13.0. The summed E-state index contributed by atoms with van der Waals surface area (Å²) in [4.78, 5) is 8.38. The molecule has 4 nitrogen and oxygen atoms in total. The molecular formula is C17H23N3O. The molecule has 1 aromatic carbocycles. The van der Waals surface area contributed by atoms with E-state index in [4.69, 9.17) is 4.74 Å². The molecule has 1 N–H and O–H groups in total. The third kappa shape index (κ3) is 4.53. The van der Waals surface area contributed by atoms with Gasteiger partial charge in [0.2, 0.25) is 0 Å². The molecule has 1 unspecified atom stereocenters. The topological polar surface area (TPSA) is 47.0 Å². The van der Waals surface area contributed by atoms with Crippen LogP contribution >= 0.6 is 0 Å². The number of nitrogens with zero attached hydrogens (tertiary/aromatic N) is 2. The molecule has 0 radical (unpaired) electrons. The highest BCUT2D eigenvalue weighted by Gasteiger charge is 2.12. The summed E-state index contributed by atoms with van der Waals surface area (Å²) < 4.78 is 5.94. The first-order chi connectivity index (χ1) is 10.2. The van der Waals surface area contributed by atoms with E-state index in [0.29, 0.717) is 12.4 Å². The second-order valence-electron chi connectivity index (χ2n) is 5.17. The Morgan fingerprint density at radius 2 is 2.00 bits per heavy atom. The Labute approximate surface area is 126 Å². The molecule has 0 amide bonds. The van der Waals surface area contributed by atoms with Crippen LogP contribution in [0.2, 0.25) is 0 Å². The van der Waals surface area contributed by atoms with Crippen LogP contribution in [-0.4, -0.2) is 16.5 Å². The van der Waals surface area contributed by atoms with Crippen LogP contribution in [0, 0.1) is 6.92 Å². The highest BCUT2D eigenvalue weighted by molar-refractivity contribution is 5.39. The van der Waals surface area contributed by atoms with E-state index in [-0.39, 0.29) is 6.04 Å². The van der Waals surface area contributed by atoms with Crippen molar-refractivity contribution < 1.29 is 4.74 Å². The number of aromatic nitrogens is 2. The highest BCUT2D eigenvalue weighted by atomic mass is 16.5. The summed E-state index contributed by atoms with van der Waals surface area (Å²) in [6, 6.07) is 8.38. The van der Waals surface area contributed by atoms with E-state index >= 15 is 0 Å². The SMILES string of the molecule is CCCNC(C)c1ccc(C)cc1OCc1ncccn1. The van der Waals surface area contributed by atoms with Gasteiger partial charge in [-0.15, -0.1) is 0 Å². The zero-order valence-electron chi connectivity index (χ0n) is 13.0. The number of nitrogens with one attached hydrogen (secondary N) is 1. The Morgan fingerprint density at radius 3 is 2.71 bits per heavy atom. The van der Waals surface area contributed by atoms with E-state index in [9.17, 15) is 0 Å². The molecule has 0 fully saturated rings. The fourth-order valence-electron chi connectivity index (χ4n) is 2.14. The molecule has 2 rings (SSSR count). The lowest BCUT2D eigenvalue weighted by Gasteiger charge is -2.18. The number of rotatable bonds is 7. The third-order valence-electron chi connectivity index (χ3n) is 3.31. The van der Waals surface area contributed by atoms with Crippen molar-refractivity contribution in [3.63, 3.8) is 0 Å². The van der Waals surface area contributed by atoms with Crippen molar-refractivity contribution in [3.8, 4) is 5.75 Å². The molecule has 0 aliphatic carbocycles. The normalized spacial score (nSPS) is 12.1. The molecule has 0 saturated carbocycles. The molecule has 21 heavy (non-hydrogen) atoms. The number of benzene rings is 1. The van der Waals surface area contributed by atoms with Crippen LogP contribution in [0.15, 0.2) is 36.7 Å². The zero-order chi connectivity index (χ0) is 15.1. The van der Waals surface area contributed by atoms with Crippen molar-refractivity contribution in [1.82, 2.24) is 15.3 Å². The molecule has 112 valence electrons. The highest BCUT2D eigenvalue weighted by Crippen LogP contribution is 2.27. The molecule has 0 bridgehead atoms. The van der Waals surface area contributed by atoms with Gasteiger partial charge in [0.1, 0.15) is 12.4 Å². The average Bonchev–Trinajstić information content (AvgIpc) is 2.51. The van der Waals surface area contributed by atoms with Gasteiger partial charge in [0.05, 0.1) is 0 Å². The Morgan fingerprint density at radius 1 is 1.24 bits per heavy atom. The smallest absolute Gasteiger partial charge is 0.166 e. The first-order valence-electron chi connectivity index (χ1n) is 7.43. The maximum Gasteiger partial charge on any atom is 0.166 e. The molecule has 0 aliphatic rings. The summed E-state index contributed by atoms with van der Waals surface area (Å²) in [6.45, 7) is 7.78. The van der Waals surface area contributed by atoms with Crippen LogP contribution in [0.4, 0.5) is 0 Å². The van der Waals surface area contributed by atoms with Gasteiger partial charge in [-0.1, -0.05) is 19.1 Å². The molecule has 1 aromatic heterocycles. The van der Waals surface area contributed by atoms with Gasteiger partial charge in [0.15, 0.2) is 5.82 Å². The lowest BCUT2D eigenvalue weighted by Crippen LogP contribution is -2.20. The summed E-state index contributed by atoms with van der Waals surface area (Å²) in [5.74, 6) is 1.60. The lowest BCUT2D eigenvalue weighted by atomic mass is 10.0. The van der Waals surface area contributed by atoms with Gasteiger partial charge < -0.3 is 10.1 Å². The second kappa shape index (κ2) is 7.74. The van der Waals surface area contributed by atoms with Gasteiger partial charge in [0, 0.05) is 24.0 Å².